The van der Waals surface area contributed by atoms with Crippen LogP contribution in [0.5, 0.6) is 0 Å². The summed E-state index contributed by atoms with van der Waals surface area (Å²) in [5.74, 6) is 0.381. The van der Waals surface area contributed by atoms with Crippen LogP contribution in [-0.2, 0) is 0 Å². The molecule has 0 saturated heterocycles. The molecule has 0 aliphatic heterocycles. The Balaban J connectivity index is 2.77. The molecule has 1 rings (SSSR count). The number of hydrogen-bond acceptors (Lipinski definition) is 2. The van der Waals surface area contributed by atoms with Crippen LogP contribution < -0.4 is 11.1 Å². The summed E-state index contributed by atoms with van der Waals surface area (Å²) in [5, 5.41) is 3.24. The molecule has 0 spiro atoms. The third-order valence-corrected chi connectivity index (χ3v) is 3.15. The van der Waals surface area contributed by atoms with Gasteiger partial charge in [0.05, 0.1) is 14.9 Å². The Hall–Kier alpha value is -0.520. The van der Waals surface area contributed by atoms with E-state index < -0.39 is 0 Å². The molecular formula is C12H18FIN2. The molecule has 0 radical (unpaired) electrons. The van der Waals surface area contributed by atoms with Crippen LogP contribution in [0.1, 0.15) is 27.2 Å². The Morgan fingerprint density at radius 3 is 2.56 bits per heavy atom. The van der Waals surface area contributed by atoms with Gasteiger partial charge in [-0.05, 0) is 47.9 Å². The van der Waals surface area contributed by atoms with Crippen molar-refractivity contribution in [2.45, 2.75) is 33.2 Å². The van der Waals surface area contributed by atoms with Crippen LogP contribution in [0.3, 0.4) is 0 Å². The number of nitrogens with one attached hydrogen (secondary N) is 1. The van der Waals surface area contributed by atoms with Crippen molar-refractivity contribution in [2.24, 2.45) is 5.92 Å². The summed E-state index contributed by atoms with van der Waals surface area (Å²) in [7, 11) is 0. The van der Waals surface area contributed by atoms with Gasteiger partial charge in [-0.3, -0.25) is 0 Å². The zero-order valence-electron chi connectivity index (χ0n) is 9.85. The van der Waals surface area contributed by atoms with Crippen LogP contribution in [0.15, 0.2) is 12.1 Å². The second-order valence-electron chi connectivity index (χ2n) is 4.53. The minimum absolute atomic E-state index is 0.228. The van der Waals surface area contributed by atoms with Crippen molar-refractivity contribution in [2.75, 3.05) is 11.1 Å². The average molecular weight is 336 g/mol. The van der Waals surface area contributed by atoms with Crippen LogP contribution in [-0.4, -0.2) is 6.04 Å². The topological polar surface area (TPSA) is 38.0 Å². The Labute approximate surface area is 110 Å². The van der Waals surface area contributed by atoms with E-state index in [1.54, 1.807) is 6.07 Å². The van der Waals surface area contributed by atoms with Gasteiger partial charge in [-0.2, -0.15) is 0 Å². The molecule has 0 saturated carbocycles. The summed E-state index contributed by atoms with van der Waals surface area (Å²) >= 11 is 1.94. The van der Waals surface area contributed by atoms with E-state index in [2.05, 4.69) is 26.1 Å². The van der Waals surface area contributed by atoms with E-state index in [-0.39, 0.29) is 5.82 Å². The van der Waals surface area contributed by atoms with Crippen LogP contribution in [0.25, 0.3) is 0 Å². The molecule has 0 bridgehead atoms. The number of nitrogen functional groups attached to an aromatic ring is 1. The lowest BCUT2D eigenvalue weighted by atomic mass is 10.0. The molecule has 1 unspecified atom stereocenters. The van der Waals surface area contributed by atoms with Crippen LogP contribution in [0.4, 0.5) is 15.8 Å². The standard InChI is InChI=1S/C12H18FIN2/c1-7(2)4-8(3)16-12-5-9(13)10(14)6-11(12)15/h5-8,16H,4,15H2,1-3H3. The van der Waals surface area contributed by atoms with Gasteiger partial charge in [0.2, 0.25) is 0 Å². The molecule has 0 amide bonds. The third-order valence-electron chi connectivity index (χ3n) is 2.32. The molecule has 4 heteroatoms. The van der Waals surface area contributed by atoms with Crippen LogP contribution in [0.2, 0.25) is 0 Å². The fourth-order valence-electron chi connectivity index (χ4n) is 1.72. The number of anilines is 2. The number of nitrogens with two attached hydrogens (primary N) is 1. The Kier molecular flexibility index (Phi) is 4.83. The third kappa shape index (κ3) is 3.81. The van der Waals surface area contributed by atoms with Crippen LogP contribution in [0, 0.1) is 15.3 Å². The number of halogens is 2. The van der Waals surface area contributed by atoms with Gasteiger partial charge in [0, 0.05) is 12.1 Å². The van der Waals surface area contributed by atoms with Gasteiger partial charge < -0.3 is 11.1 Å². The SMILES string of the molecule is CC(C)CC(C)Nc1cc(F)c(I)cc1N. The van der Waals surface area contributed by atoms with E-state index in [9.17, 15) is 4.39 Å². The maximum Gasteiger partial charge on any atom is 0.138 e. The predicted octanol–water partition coefficient (Wildman–Crippen LogP) is 3.86. The first-order valence-corrected chi connectivity index (χ1v) is 6.49. The van der Waals surface area contributed by atoms with E-state index in [0.717, 1.165) is 6.42 Å². The molecule has 2 nitrogen and oxygen atoms in total. The lowest BCUT2D eigenvalue weighted by Gasteiger charge is -2.18. The van der Waals surface area contributed by atoms with Gasteiger partial charge in [-0.1, -0.05) is 13.8 Å². The van der Waals surface area contributed by atoms with Gasteiger partial charge in [0.25, 0.3) is 0 Å². The van der Waals surface area contributed by atoms with E-state index in [1.165, 1.54) is 6.07 Å². The summed E-state index contributed by atoms with van der Waals surface area (Å²) in [4.78, 5) is 0. The highest BCUT2D eigenvalue weighted by Gasteiger charge is 2.09. The molecule has 1 aromatic rings. The largest absolute Gasteiger partial charge is 0.397 e. The smallest absolute Gasteiger partial charge is 0.138 e. The minimum Gasteiger partial charge on any atom is -0.397 e. The molecule has 90 valence electrons. The second kappa shape index (κ2) is 5.70. The zero-order valence-corrected chi connectivity index (χ0v) is 12.0. The lowest BCUT2D eigenvalue weighted by Crippen LogP contribution is -2.18. The fourth-order valence-corrected chi connectivity index (χ4v) is 2.21. The normalized spacial score (nSPS) is 12.9. The molecule has 3 N–H and O–H groups in total. The predicted molar refractivity (Wildman–Crippen MR) is 76.1 cm³/mol. The molecule has 0 aliphatic rings. The Morgan fingerprint density at radius 2 is 2.00 bits per heavy atom. The number of rotatable bonds is 4. The maximum atomic E-state index is 13.4. The lowest BCUT2D eigenvalue weighted by molar-refractivity contribution is 0.539. The second-order valence-corrected chi connectivity index (χ2v) is 5.69. The molecule has 0 fully saturated rings. The average Bonchev–Trinajstić information content (AvgIpc) is 2.12. The molecule has 16 heavy (non-hydrogen) atoms. The monoisotopic (exact) mass is 336 g/mol. The number of hydrogen-bond donors (Lipinski definition) is 2. The van der Waals surface area contributed by atoms with E-state index in [4.69, 9.17) is 5.73 Å². The molecule has 1 aromatic carbocycles. The first-order chi connectivity index (χ1) is 7.40. The van der Waals surface area contributed by atoms with Gasteiger partial charge in [-0.25, -0.2) is 4.39 Å². The van der Waals surface area contributed by atoms with Gasteiger partial charge in [0.1, 0.15) is 5.82 Å². The summed E-state index contributed by atoms with van der Waals surface area (Å²) < 4.78 is 13.9. The minimum atomic E-state index is -0.228. The zero-order chi connectivity index (χ0) is 12.3. The van der Waals surface area contributed by atoms with Gasteiger partial charge in [-0.15, -0.1) is 0 Å². The molecule has 0 heterocycles. The quantitative estimate of drug-likeness (QED) is 0.647. The number of benzene rings is 1. The Bertz CT molecular complexity index is 366. The van der Waals surface area contributed by atoms with Crippen molar-refractivity contribution in [1.82, 2.24) is 0 Å². The molecule has 0 aromatic heterocycles. The maximum absolute atomic E-state index is 13.4. The van der Waals surface area contributed by atoms with Crippen molar-refractivity contribution < 1.29 is 4.39 Å². The van der Waals surface area contributed by atoms with Crippen molar-refractivity contribution in [3.63, 3.8) is 0 Å². The first kappa shape index (κ1) is 13.5. The highest BCUT2D eigenvalue weighted by Crippen LogP contribution is 2.25. The van der Waals surface area contributed by atoms with Gasteiger partial charge in [0.15, 0.2) is 0 Å². The van der Waals surface area contributed by atoms with Crippen molar-refractivity contribution in [3.05, 3.63) is 21.5 Å². The van der Waals surface area contributed by atoms with Crippen LogP contribution >= 0.6 is 22.6 Å². The summed E-state index contributed by atoms with van der Waals surface area (Å²) in [6, 6.07) is 3.41. The van der Waals surface area contributed by atoms with Crippen molar-refractivity contribution in [1.29, 1.82) is 0 Å². The Morgan fingerprint density at radius 1 is 1.38 bits per heavy atom. The van der Waals surface area contributed by atoms with E-state index in [0.29, 0.717) is 26.9 Å². The summed E-state index contributed by atoms with van der Waals surface area (Å²) in [5.41, 5.74) is 7.12. The first-order valence-electron chi connectivity index (χ1n) is 5.41. The molecule has 1 atom stereocenters. The van der Waals surface area contributed by atoms with E-state index in [1.807, 2.05) is 22.6 Å². The summed E-state index contributed by atoms with van der Waals surface area (Å²) in [6.45, 7) is 6.40. The molecular weight excluding hydrogens is 318 g/mol. The van der Waals surface area contributed by atoms with Crippen molar-refractivity contribution in [3.8, 4) is 0 Å². The van der Waals surface area contributed by atoms with Gasteiger partial charge >= 0.3 is 0 Å². The summed E-state index contributed by atoms with van der Waals surface area (Å²) in [6.07, 6.45) is 1.03. The fraction of sp³-hybridized carbons (Fsp3) is 0.500. The van der Waals surface area contributed by atoms with Crippen molar-refractivity contribution >= 4 is 34.0 Å². The van der Waals surface area contributed by atoms with E-state index >= 15 is 0 Å². The highest BCUT2D eigenvalue weighted by molar-refractivity contribution is 14.1. The molecule has 0 aliphatic carbocycles. The highest BCUT2D eigenvalue weighted by atomic mass is 127.